The summed E-state index contributed by atoms with van der Waals surface area (Å²) in [5.74, 6) is 0. The van der Waals surface area contributed by atoms with Crippen LogP contribution in [0.4, 0.5) is 0 Å². The van der Waals surface area contributed by atoms with Crippen molar-refractivity contribution in [3.05, 3.63) is 35.4 Å². The van der Waals surface area contributed by atoms with Crippen LogP contribution in [0.5, 0.6) is 0 Å². The van der Waals surface area contributed by atoms with Crippen molar-refractivity contribution in [2.75, 3.05) is 67.1 Å². The van der Waals surface area contributed by atoms with E-state index in [0.29, 0.717) is 52.9 Å². The van der Waals surface area contributed by atoms with Crippen LogP contribution in [0.25, 0.3) is 0 Å². The Morgan fingerprint density at radius 3 is 1.13 bits per heavy atom. The van der Waals surface area contributed by atoms with Crippen LogP contribution in [-0.4, -0.2) is 67.1 Å². The van der Waals surface area contributed by atoms with Gasteiger partial charge in [-0.05, 0) is 25.0 Å². The van der Waals surface area contributed by atoms with E-state index < -0.39 is 0 Å². The molecule has 0 fully saturated rings. The van der Waals surface area contributed by atoms with Crippen LogP contribution in [0.1, 0.15) is 11.1 Å². The zero-order chi connectivity index (χ0) is 17.2. The molecule has 5 nitrogen and oxygen atoms in total. The summed E-state index contributed by atoms with van der Waals surface area (Å²) in [6.45, 7) is 9.11. The molecule has 0 bridgehead atoms. The summed E-state index contributed by atoms with van der Waals surface area (Å²) in [5, 5.41) is 0. The third-order valence-electron chi connectivity index (χ3n) is 3.03. The van der Waals surface area contributed by atoms with Gasteiger partial charge < -0.3 is 23.7 Å². The molecular weight excluding hydrogens is 296 g/mol. The molecule has 0 unspecified atom stereocenters. The molecule has 1 aromatic rings. The van der Waals surface area contributed by atoms with Gasteiger partial charge in [-0.2, -0.15) is 0 Å². The predicted octanol–water partition coefficient (Wildman–Crippen LogP) is 2.63. The molecule has 0 aliphatic carbocycles. The minimum Gasteiger partial charge on any atom is -0.382 e. The third kappa shape index (κ3) is 15.7. The smallest absolute Gasteiger partial charge is 0.0701 e. The molecule has 0 heterocycles. The first-order chi connectivity index (χ1) is 11.2. The standard InChI is InChI=1S/C10H22O5.C8H10/c1-11-3-5-13-7-9-15-10-8-14-6-4-12-2;1-7-5-3-4-6-8(7)2/h3-10H2,1-2H3;3-6H,1-2H3. The van der Waals surface area contributed by atoms with E-state index in [2.05, 4.69) is 38.1 Å². The summed E-state index contributed by atoms with van der Waals surface area (Å²) in [5.41, 5.74) is 2.74. The summed E-state index contributed by atoms with van der Waals surface area (Å²) in [6.07, 6.45) is 0. The molecular formula is C18H32O5. The van der Waals surface area contributed by atoms with Crippen molar-refractivity contribution >= 4 is 0 Å². The number of methoxy groups -OCH3 is 2. The Morgan fingerprint density at radius 2 is 0.870 bits per heavy atom. The molecule has 5 heteroatoms. The summed E-state index contributed by atoms with van der Waals surface area (Å²) < 4.78 is 25.3. The molecule has 0 aromatic heterocycles. The van der Waals surface area contributed by atoms with Crippen LogP contribution in [0.2, 0.25) is 0 Å². The van der Waals surface area contributed by atoms with Crippen molar-refractivity contribution in [1.82, 2.24) is 0 Å². The van der Waals surface area contributed by atoms with E-state index in [1.54, 1.807) is 14.2 Å². The van der Waals surface area contributed by atoms with E-state index in [9.17, 15) is 0 Å². The van der Waals surface area contributed by atoms with E-state index in [-0.39, 0.29) is 0 Å². The molecule has 0 radical (unpaired) electrons. The van der Waals surface area contributed by atoms with Gasteiger partial charge in [0.15, 0.2) is 0 Å². The van der Waals surface area contributed by atoms with Crippen molar-refractivity contribution in [2.24, 2.45) is 0 Å². The highest BCUT2D eigenvalue weighted by Crippen LogP contribution is 2.02. The summed E-state index contributed by atoms with van der Waals surface area (Å²) in [6, 6.07) is 8.36. The van der Waals surface area contributed by atoms with E-state index in [4.69, 9.17) is 23.7 Å². The first kappa shape index (κ1) is 22.0. The van der Waals surface area contributed by atoms with Gasteiger partial charge in [0, 0.05) is 14.2 Å². The predicted molar refractivity (Wildman–Crippen MR) is 92.1 cm³/mol. The SMILES string of the molecule is COCCOCCOCCOCCOC.Cc1ccccc1C. The van der Waals surface area contributed by atoms with Gasteiger partial charge in [0.2, 0.25) is 0 Å². The number of rotatable bonds is 12. The van der Waals surface area contributed by atoms with Gasteiger partial charge in [0.1, 0.15) is 0 Å². The molecule has 134 valence electrons. The van der Waals surface area contributed by atoms with Crippen molar-refractivity contribution in [3.63, 3.8) is 0 Å². The Morgan fingerprint density at radius 1 is 0.565 bits per heavy atom. The lowest BCUT2D eigenvalue weighted by Crippen LogP contribution is -2.12. The van der Waals surface area contributed by atoms with Crippen molar-refractivity contribution in [3.8, 4) is 0 Å². The minimum atomic E-state index is 0.595. The summed E-state index contributed by atoms with van der Waals surface area (Å²) in [7, 11) is 3.30. The van der Waals surface area contributed by atoms with E-state index in [1.807, 2.05) is 0 Å². The second-order valence-corrected chi connectivity index (χ2v) is 4.91. The second-order valence-electron chi connectivity index (χ2n) is 4.91. The fourth-order valence-electron chi connectivity index (χ4n) is 1.49. The Hall–Kier alpha value is -0.980. The molecule has 0 saturated heterocycles. The normalized spacial score (nSPS) is 10.3. The van der Waals surface area contributed by atoms with Gasteiger partial charge in [-0.3, -0.25) is 0 Å². The summed E-state index contributed by atoms with van der Waals surface area (Å²) in [4.78, 5) is 0. The number of hydrogen-bond acceptors (Lipinski definition) is 5. The number of hydrogen-bond donors (Lipinski definition) is 0. The molecule has 0 aliphatic heterocycles. The van der Waals surface area contributed by atoms with Crippen LogP contribution in [0, 0.1) is 13.8 Å². The molecule has 0 spiro atoms. The molecule has 0 saturated carbocycles. The Bertz CT molecular complexity index is 324. The van der Waals surface area contributed by atoms with E-state index in [0.717, 1.165) is 0 Å². The monoisotopic (exact) mass is 328 g/mol. The zero-order valence-corrected chi connectivity index (χ0v) is 15.0. The third-order valence-corrected chi connectivity index (χ3v) is 3.03. The quantitative estimate of drug-likeness (QED) is 0.552. The highest BCUT2D eigenvalue weighted by molar-refractivity contribution is 5.23. The van der Waals surface area contributed by atoms with E-state index >= 15 is 0 Å². The molecule has 0 atom stereocenters. The van der Waals surface area contributed by atoms with Gasteiger partial charge in [0.25, 0.3) is 0 Å². The van der Waals surface area contributed by atoms with Gasteiger partial charge in [-0.1, -0.05) is 24.3 Å². The van der Waals surface area contributed by atoms with Crippen molar-refractivity contribution in [1.29, 1.82) is 0 Å². The van der Waals surface area contributed by atoms with Gasteiger partial charge in [-0.25, -0.2) is 0 Å². The number of benzene rings is 1. The maximum atomic E-state index is 5.26. The molecule has 1 aromatic carbocycles. The van der Waals surface area contributed by atoms with Crippen LogP contribution in [-0.2, 0) is 23.7 Å². The topological polar surface area (TPSA) is 46.2 Å². The average molecular weight is 328 g/mol. The molecule has 23 heavy (non-hydrogen) atoms. The fourth-order valence-corrected chi connectivity index (χ4v) is 1.49. The lowest BCUT2D eigenvalue weighted by Gasteiger charge is -2.06. The first-order valence-electron chi connectivity index (χ1n) is 7.95. The van der Waals surface area contributed by atoms with Gasteiger partial charge >= 0.3 is 0 Å². The molecule has 0 amide bonds. The van der Waals surface area contributed by atoms with Gasteiger partial charge in [0.05, 0.1) is 52.9 Å². The number of ether oxygens (including phenoxy) is 5. The Kier molecular flexibility index (Phi) is 16.6. The highest BCUT2D eigenvalue weighted by atomic mass is 16.6. The van der Waals surface area contributed by atoms with Crippen molar-refractivity contribution in [2.45, 2.75) is 13.8 Å². The number of aryl methyl sites for hydroxylation is 2. The van der Waals surface area contributed by atoms with Crippen LogP contribution in [0.15, 0.2) is 24.3 Å². The molecule has 1 rings (SSSR count). The maximum Gasteiger partial charge on any atom is 0.0701 e. The lowest BCUT2D eigenvalue weighted by atomic mass is 10.1. The van der Waals surface area contributed by atoms with Crippen LogP contribution in [0.3, 0.4) is 0 Å². The maximum absolute atomic E-state index is 5.26. The first-order valence-corrected chi connectivity index (χ1v) is 7.95. The largest absolute Gasteiger partial charge is 0.382 e. The van der Waals surface area contributed by atoms with Crippen LogP contribution < -0.4 is 0 Å². The fraction of sp³-hybridized carbons (Fsp3) is 0.667. The Labute approximate surface area is 140 Å². The average Bonchev–Trinajstić information content (AvgIpc) is 2.56. The zero-order valence-electron chi connectivity index (χ0n) is 15.0. The van der Waals surface area contributed by atoms with Gasteiger partial charge in [-0.15, -0.1) is 0 Å². The second kappa shape index (κ2) is 17.4. The lowest BCUT2D eigenvalue weighted by molar-refractivity contribution is -0.00380. The summed E-state index contributed by atoms with van der Waals surface area (Å²) >= 11 is 0. The highest BCUT2D eigenvalue weighted by Gasteiger charge is 1.91. The molecule has 0 aliphatic rings. The van der Waals surface area contributed by atoms with E-state index in [1.165, 1.54) is 11.1 Å². The molecule has 0 N–H and O–H groups in total. The minimum absolute atomic E-state index is 0.595. The van der Waals surface area contributed by atoms with Crippen molar-refractivity contribution < 1.29 is 23.7 Å². The van der Waals surface area contributed by atoms with Crippen LogP contribution >= 0.6 is 0 Å². The Balaban J connectivity index is 0.000000502.